The number of amides is 3. The number of hydrogen-bond donors (Lipinski definition) is 3. The van der Waals surface area contributed by atoms with Crippen molar-refractivity contribution in [2.75, 3.05) is 18.5 Å². The van der Waals surface area contributed by atoms with Crippen LogP contribution in [0.5, 0.6) is 0 Å². The summed E-state index contributed by atoms with van der Waals surface area (Å²) in [4.78, 5) is 42.3. The summed E-state index contributed by atoms with van der Waals surface area (Å²) >= 11 is 0. The van der Waals surface area contributed by atoms with Gasteiger partial charge in [-0.2, -0.15) is 0 Å². The van der Waals surface area contributed by atoms with Gasteiger partial charge in [-0.3, -0.25) is 9.59 Å². The number of aliphatic hydroxyl groups is 1. The van der Waals surface area contributed by atoms with Crippen molar-refractivity contribution in [2.45, 2.75) is 97.8 Å². The van der Waals surface area contributed by atoms with Gasteiger partial charge in [0.25, 0.3) is 5.91 Å². The number of carbonyl (C=O) groups excluding carboxylic acids is 3. The Morgan fingerprint density at radius 2 is 1.60 bits per heavy atom. The van der Waals surface area contributed by atoms with E-state index in [1.807, 2.05) is 32.0 Å². The fourth-order valence-electron chi connectivity index (χ4n) is 4.79. The number of nitrogens with zero attached hydrogens (tertiary/aromatic N) is 1. The maximum absolute atomic E-state index is 14.2. The third-order valence-corrected chi connectivity index (χ3v) is 6.91. The quantitative estimate of drug-likeness (QED) is 0.187. The Labute approximate surface area is 251 Å². The summed E-state index contributed by atoms with van der Waals surface area (Å²) in [7, 11) is 0. The van der Waals surface area contributed by atoms with Gasteiger partial charge in [-0.05, 0) is 63.8 Å². The molecule has 0 saturated heterocycles. The molecule has 2 unspecified atom stereocenters. The van der Waals surface area contributed by atoms with Crippen molar-refractivity contribution in [1.29, 1.82) is 0 Å². The normalized spacial score (nSPS) is 12.5. The van der Waals surface area contributed by atoms with E-state index in [9.17, 15) is 19.5 Å². The van der Waals surface area contributed by atoms with Crippen LogP contribution in [0.25, 0.3) is 0 Å². The van der Waals surface area contributed by atoms with E-state index >= 15 is 0 Å². The number of para-hydroxylation sites is 1. The molecule has 42 heavy (non-hydrogen) atoms. The van der Waals surface area contributed by atoms with Crippen LogP contribution >= 0.6 is 0 Å². The number of nitrogens with one attached hydrogen (secondary N) is 2. The lowest BCUT2D eigenvalue weighted by molar-refractivity contribution is -0.141. The number of hydrogen-bond acceptors (Lipinski definition) is 5. The number of ether oxygens (including phenoxy) is 1. The van der Waals surface area contributed by atoms with Gasteiger partial charge in [0.2, 0.25) is 5.91 Å². The second-order valence-electron chi connectivity index (χ2n) is 11.6. The van der Waals surface area contributed by atoms with Gasteiger partial charge in [-0.15, -0.1) is 6.42 Å². The van der Waals surface area contributed by atoms with Crippen LogP contribution in [-0.2, 0) is 14.3 Å². The second kappa shape index (κ2) is 16.6. The van der Waals surface area contributed by atoms with E-state index in [1.165, 1.54) is 4.90 Å². The van der Waals surface area contributed by atoms with Crippen molar-refractivity contribution >= 4 is 23.6 Å². The molecule has 2 aromatic carbocycles. The highest BCUT2D eigenvalue weighted by Crippen LogP contribution is 2.29. The minimum absolute atomic E-state index is 0.223. The number of anilines is 1. The standard InChI is InChI=1S/C34H47N3O5/c1-8-10-11-12-13-16-22-37(32(40)28(23-38)35-33(41)42-34(5,6)7)30(27-21-15-14-20-26(27)9-2)31(39)36-29-24(3)18-17-19-25(29)4/h2,14-15,17-21,28,30,38H,8,10-13,16,22-23H2,1,3-7H3,(H,35,41)(H,36,39). The van der Waals surface area contributed by atoms with E-state index < -0.39 is 42.2 Å². The van der Waals surface area contributed by atoms with Crippen LogP contribution in [0.4, 0.5) is 10.5 Å². The maximum Gasteiger partial charge on any atom is 0.408 e. The first kappa shape index (κ1) is 34.4. The highest BCUT2D eigenvalue weighted by molar-refractivity contribution is 6.00. The van der Waals surface area contributed by atoms with Gasteiger partial charge in [0.1, 0.15) is 17.7 Å². The molecule has 0 radical (unpaired) electrons. The number of carbonyl (C=O) groups is 3. The van der Waals surface area contributed by atoms with Crippen LogP contribution in [0.1, 0.15) is 94.5 Å². The largest absolute Gasteiger partial charge is 0.444 e. The molecule has 2 atom stereocenters. The molecule has 0 aliphatic carbocycles. The summed E-state index contributed by atoms with van der Waals surface area (Å²) in [5.41, 5.74) is 2.56. The molecule has 8 heteroatoms. The molecule has 0 spiro atoms. The molecule has 0 aromatic heterocycles. The Bertz CT molecular complexity index is 1220. The van der Waals surface area contributed by atoms with Crippen LogP contribution < -0.4 is 10.6 Å². The van der Waals surface area contributed by atoms with Crippen molar-refractivity contribution in [1.82, 2.24) is 10.2 Å². The minimum Gasteiger partial charge on any atom is -0.444 e. The van der Waals surface area contributed by atoms with Crippen molar-refractivity contribution in [3.8, 4) is 12.3 Å². The summed E-state index contributed by atoms with van der Waals surface area (Å²) in [5, 5.41) is 15.7. The van der Waals surface area contributed by atoms with E-state index in [1.54, 1.807) is 45.0 Å². The summed E-state index contributed by atoms with van der Waals surface area (Å²) in [6, 6.07) is 10.3. The number of alkyl carbamates (subject to hydrolysis) is 1. The summed E-state index contributed by atoms with van der Waals surface area (Å²) in [6.07, 6.45) is 10.8. The van der Waals surface area contributed by atoms with Gasteiger partial charge in [0, 0.05) is 17.8 Å². The zero-order valence-corrected chi connectivity index (χ0v) is 26.0. The van der Waals surface area contributed by atoms with Crippen molar-refractivity contribution in [3.63, 3.8) is 0 Å². The van der Waals surface area contributed by atoms with E-state index in [4.69, 9.17) is 11.2 Å². The first-order valence-electron chi connectivity index (χ1n) is 14.8. The number of aryl methyl sites for hydroxylation is 2. The fourth-order valence-corrected chi connectivity index (χ4v) is 4.79. The smallest absolute Gasteiger partial charge is 0.408 e. The van der Waals surface area contributed by atoms with Crippen LogP contribution in [-0.4, -0.2) is 52.7 Å². The first-order valence-corrected chi connectivity index (χ1v) is 14.8. The molecule has 0 heterocycles. The topological polar surface area (TPSA) is 108 Å². The Hall–Kier alpha value is -3.83. The molecule has 3 amide bonds. The SMILES string of the molecule is C#Cc1ccccc1C(C(=O)Nc1c(C)cccc1C)N(CCCCCCCC)C(=O)C(CO)NC(=O)OC(C)(C)C. The highest BCUT2D eigenvalue weighted by Gasteiger charge is 2.37. The van der Waals surface area contributed by atoms with Gasteiger partial charge in [-0.1, -0.05) is 81.3 Å². The highest BCUT2D eigenvalue weighted by atomic mass is 16.6. The lowest BCUT2D eigenvalue weighted by atomic mass is 9.96. The van der Waals surface area contributed by atoms with E-state index in [0.29, 0.717) is 23.2 Å². The van der Waals surface area contributed by atoms with Gasteiger partial charge in [-0.25, -0.2) is 4.79 Å². The predicted molar refractivity (Wildman–Crippen MR) is 167 cm³/mol. The number of terminal acetylenes is 1. The van der Waals surface area contributed by atoms with E-state index in [2.05, 4.69) is 23.5 Å². The third-order valence-electron chi connectivity index (χ3n) is 6.91. The van der Waals surface area contributed by atoms with Crippen molar-refractivity contribution in [2.24, 2.45) is 0 Å². The summed E-state index contributed by atoms with van der Waals surface area (Å²) in [6.45, 7) is 10.6. The lowest BCUT2D eigenvalue weighted by Gasteiger charge is -2.35. The molecule has 0 bridgehead atoms. The average molecular weight is 578 g/mol. The molecular formula is C34H47N3O5. The molecule has 0 saturated carbocycles. The summed E-state index contributed by atoms with van der Waals surface area (Å²) < 4.78 is 5.33. The molecule has 3 N–H and O–H groups in total. The van der Waals surface area contributed by atoms with Gasteiger partial charge in [0.15, 0.2) is 0 Å². The van der Waals surface area contributed by atoms with Crippen molar-refractivity contribution < 1.29 is 24.2 Å². The molecule has 2 rings (SSSR count). The Kier molecular flexibility index (Phi) is 13.6. The molecule has 228 valence electrons. The Morgan fingerprint density at radius 1 is 0.976 bits per heavy atom. The number of rotatable bonds is 14. The first-order chi connectivity index (χ1) is 19.9. The second-order valence-corrected chi connectivity index (χ2v) is 11.6. The minimum atomic E-state index is -1.33. The van der Waals surface area contributed by atoms with E-state index in [0.717, 1.165) is 43.2 Å². The maximum atomic E-state index is 14.2. The lowest BCUT2D eigenvalue weighted by Crippen LogP contribution is -2.54. The van der Waals surface area contributed by atoms with Gasteiger partial charge >= 0.3 is 6.09 Å². The predicted octanol–water partition coefficient (Wildman–Crippen LogP) is 6.04. The average Bonchev–Trinajstić information content (AvgIpc) is 2.93. The molecule has 0 aliphatic rings. The zero-order chi connectivity index (χ0) is 31.3. The molecule has 2 aromatic rings. The van der Waals surface area contributed by atoms with Crippen molar-refractivity contribution in [3.05, 3.63) is 64.7 Å². The Balaban J connectivity index is 2.55. The van der Waals surface area contributed by atoms with Crippen LogP contribution in [0, 0.1) is 26.2 Å². The fraction of sp³-hybridized carbons (Fsp3) is 0.500. The molecule has 0 aliphatic heterocycles. The van der Waals surface area contributed by atoms with Crippen LogP contribution in [0.3, 0.4) is 0 Å². The number of unbranched alkanes of at least 4 members (excludes halogenated alkanes) is 5. The van der Waals surface area contributed by atoms with Crippen LogP contribution in [0.2, 0.25) is 0 Å². The monoisotopic (exact) mass is 577 g/mol. The molecule has 0 fully saturated rings. The van der Waals surface area contributed by atoms with Gasteiger partial charge < -0.3 is 25.4 Å². The number of benzene rings is 2. The molecule has 8 nitrogen and oxygen atoms in total. The van der Waals surface area contributed by atoms with Gasteiger partial charge in [0.05, 0.1) is 6.61 Å². The third kappa shape index (κ3) is 10.2. The summed E-state index contributed by atoms with van der Waals surface area (Å²) in [5.74, 6) is 1.60. The zero-order valence-electron chi connectivity index (χ0n) is 26.0. The molecular weight excluding hydrogens is 530 g/mol. The Morgan fingerprint density at radius 3 is 2.19 bits per heavy atom. The van der Waals surface area contributed by atoms with Crippen LogP contribution in [0.15, 0.2) is 42.5 Å². The number of aliphatic hydroxyl groups excluding tert-OH is 1. The van der Waals surface area contributed by atoms with E-state index in [-0.39, 0.29) is 6.54 Å².